The van der Waals surface area contributed by atoms with Crippen molar-refractivity contribution < 1.29 is 9.90 Å². The number of nitrogens with zero attached hydrogens (tertiary/aromatic N) is 1. The Morgan fingerprint density at radius 2 is 2.24 bits per heavy atom. The number of likely N-dealkylation sites (N-methyl/N-ethyl adjacent to an activating group) is 1. The van der Waals surface area contributed by atoms with Crippen LogP contribution in [0.4, 0.5) is 0 Å². The van der Waals surface area contributed by atoms with Gasteiger partial charge in [-0.2, -0.15) is 0 Å². The van der Waals surface area contributed by atoms with E-state index in [9.17, 15) is 4.79 Å². The molecule has 0 spiro atoms. The molecule has 92 valence electrons. The maximum atomic E-state index is 11.1. The van der Waals surface area contributed by atoms with Gasteiger partial charge in [0.05, 0.1) is 0 Å². The minimum Gasteiger partial charge on any atom is -0.480 e. The van der Waals surface area contributed by atoms with Crippen LogP contribution in [0.15, 0.2) is 24.3 Å². The van der Waals surface area contributed by atoms with Gasteiger partial charge in [-0.1, -0.05) is 31.2 Å². The largest absolute Gasteiger partial charge is 0.480 e. The second-order valence-corrected chi connectivity index (χ2v) is 4.80. The highest BCUT2D eigenvalue weighted by Gasteiger charge is 2.29. The Hall–Kier alpha value is -1.35. The molecule has 2 rings (SSSR count). The molecule has 2 atom stereocenters. The van der Waals surface area contributed by atoms with Crippen LogP contribution in [0.25, 0.3) is 0 Å². The van der Waals surface area contributed by atoms with Crippen LogP contribution >= 0.6 is 0 Å². The van der Waals surface area contributed by atoms with Crippen LogP contribution < -0.4 is 0 Å². The number of rotatable bonds is 5. The third-order valence-electron chi connectivity index (χ3n) is 3.67. The third-order valence-corrected chi connectivity index (χ3v) is 3.67. The van der Waals surface area contributed by atoms with Crippen molar-refractivity contribution in [2.45, 2.75) is 31.7 Å². The number of carboxylic acid groups (broad SMARTS) is 1. The normalized spacial score (nSPS) is 19.6. The zero-order valence-corrected chi connectivity index (χ0v) is 10.4. The molecule has 0 radical (unpaired) electrons. The molecule has 1 aliphatic carbocycles. The molecular weight excluding hydrogens is 214 g/mol. The number of carbonyl (C=O) groups is 1. The summed E-state index contributed by atoms with van der Waals surface area (Å²) in [6.45, 7) is 2.76. The molecule has 0 aromatic heterocycles. The van der Waals surface area contributed by atoms with Crippen molar-refractivity contribution in [3.63, 3.8) is 0 Å². The molecular formula is C14H19NO2. The number of carboxylic acids is 1. The molecule has 17 heavy (non-hydrogen) atoms. The van der Waals surface area contributed by atoms with Gasteiger partial charge in [0.15, 0.2) is 0 Å². The summed E-state index contributed by atoms with van der Waals surface area (Å²) in [7, 11) is 1.91. The number of hydrogen-bond acceptors (Lipinski definition) is 2. The highest BCUT2D eigenvalue weighted by atomic mass is 16.4. The predicted molar refractivity (Wildman–Crippen MR) is 67.2 cm³/mol. The van der Waals surface area contributed by atoms with E-state index in [0.717, 1.165) is 13.0 Å². The van der Waals surface area contributed by atoms with Crippen LogP contribution in [0.2, 0.25) is 0 Å². The van der Waals surface area contributed by atoms with E-state index in [2.05, 4.69) is 24.3 Å². The second kappa shape index (κ2) is 4.88. The van der Waals surface area contributed by atoms with Gasteiger partial charge >= 0.3 is 5.97 Å². The lowest BCUT2D eigenvalue weighted by Gasteiger charge is -2.35. The first-order chi connectivity index (χ1) is 8.13. The van der Waals surface area contributed by atoms with Gasteiger partial charge in [-0.3, -0.25) is 9.69 Å². The molecule has 0 amide bonds. The molecule has 1 N–H and O–H groups in total. The Morgan fingerprint density at radius 1 is 1.53 bits per heavy atom. The molecule has 0 saturated heterocycles. The highest BCUT2D eigenvalue weighted by Crippen LogP contribution is 2.35. The molecule has 2 unspecified atom stereocenters. The summed E-state index contributed by atoms with van der Waals surface area (Å²) in [4.78, 5) is 13.0. The van der Waals surface area contributed by atoms with Crippen molar-refractivity contribution in [1.29, 1.82) is 0 Å². The maximum Gasteiger partial charge on any atom is 0.320 e. The van der Waals surface area contributed by atoms with Crippen molar-refractivity contribution in [1.82, 2.24) is 4.90 Å². The first kappa shape index (κ1) is 12.1. The number of fused-ring (bicyclic) bond motifs is 1. The first-order valence-electron chi connectivity index (χ1n) is 6.14. The van der Waals surface area contributed by atoms with Crippen molar-refractivity contribution in [3.8, 4) is 0 Å². The van der Waals surface area contributed by atoms with Crippen molar-refractivity contribution >= 4 is 5.97 Å². The maximum absolute atomic E-state index is 11.1. The van der Waals surface area contributed by atoms with E-state index in [1.54, 1.807) is 0 Å². The van der Waals surface area contributed by atoms with Gasteiger partial charge in [-0.15, -0.1) is 0 Å². The number of hydrogen-bond donors (Lipinski definition) is 1. The zero-order chi connectivity index (χ0) is 12.4. The Kier molecular flexibility index (Phi) is 3.48. The van der Waals surface area contributed by atoms with Crippen molar-refractivity contribution in [2.75, 3.05) is 13.6 Å². The van der Waals surface area contributed by atoms with E-state index in [4.69, 9.17) is 5.11 Å². The van der Waals surface area contributed by atoms with Crippen LogP contribution in [0.5, 0.6) is 0 Å². The SMILES string of the molecule is CCC(C(=O)O)N(C)CC1Cc2ccccc21. The summed E-state index contributed by atoms with van der Waals surface area (Å²) in [6, 6.07) is 8.06. The lowest BCUT2D eigenvalue weighted by molar-refractivity contribution is -0.143. The van der Waals surface area contributed by atoms with Crippen molar-refractivity contribution in [2.24, 2.45) is 0 Å². The smallest absolute Gasteiger partial charge is 0.320 e. The molecule has 1 aromatic rings. The third kappa shape index (κ3) is 2.34. The van der Waals surface area contributed by atoms with Gasteiger partial charge in [-0.25, -0.2) is 0 Å². The quantitative estimate of drug-likeness (QED) is 0.847. The Bertz CT molecular complexity index is 416. The lowest BCUT2D eigenvalue weighted by Crippen LogP contribution is -2.42. The fourth-order valence-corrected chi connectivity index (χ4v) is 2.68. The first-order valence-corrected chi connectivity index (χ1v) is 6.14. The molecule has 0 aliphatic heterocycles. The predicted octanol–water partition coefficient (Wildman–Crippen LogP) is 2.12. The van der Waals surface area contributed by atoms with Gasteiger partial charge in [0.2, 0.25) is 0 Å². The van der Waals surface area contributed by atoms with E-state index in [0.29, 0.717) is 12.3 Å². The minimum absolute atomic E-state index is 0.359. The Labute approximate surface area is 102 Å². The summed E-state index contributed by atoms with van der Waals surface area (Å²) < 4.78 is 0. The van der Waals surface area contributed by atoms with Crippen LogP contribution in [-0.4, -0.2) is 35.6 Å². The van der Waals surface area contributed by atoms with Crippen LogP contribution in [-0.2, 0) is 11.2 Å². The van der Waals surface area contributed by atoms with Gasteiger partial charge < -0.3 is 5.11 Å². The minimum atomic E-state index is -0.720. The van der Waals surface area contributed by atoms with E-state index >= 15 is 0 Å². The standard InChI is InChI=1S/C14H19NO2/c1-3-13(14(16)17)15(2)9-11-8-10-6-4-5-7-12(10)11/h4-7,11,13H,3,8-9H2,1-2H3,(H,16,17). The molecule has 0 saturated carbocycles. The Morgan fingerprint density at radius 3 is 2.82 bits per heavy atom. The average molecular weight is 233 g/mol. The van der Waals surface area contributed by atoms with Gasteiger partial charge in [0, 0.05) is 12.5 Å². The van der Waals surface area contributed by atoms with Crippen LogP contribution in [0.3, 0.4) is 0 Å². The fourth-order valence-electron chi connectivity index (χ4n) is 2.68. The second-order valence-electron chi connectivity index (χ2n) is 4.80. The summed E-state index contributed by atoms with van der Waals surface area (Å²) >= 11 is 0. The molecule has 1 aliphatic rings. The number of benzene rings is 1. The fraction of sp³-hybridized carbons (Fsp3) is 0.500. The van der Waals surface area contributed by atoms with E-state index in [1.165, 1.54) is 11.1 Å². The molecule has 0 heterocycles. The van der Waals surface area contributed by atoms with E-state index in [1.807, 2.05) is 18.9 Å². The molecule has 3 heteroatoms. The molecule has 0 fully saturated rings. The topological polar surface area (TPSA) is 40.5 Å². The summed E-state index contributed by atoms with van der Waals surface area (Å²) in [5.41, 5.74) is 2.80. The number of aliphatic carboxylic acids is 1. The van der Waals surface area contributed by atoms with Gasteiger partial charge in [-0.05, 0) is 31.0 Å². The molecule has 3 nitrogen and oxygen atoms in total. The molecule has 0 bridgehead atoms. The lowest BCUT2D eigenvalue weighted by atomic mass is 9.77. The van der Waals surface area contributed by atoms with E-state index in [-0.39, 0.29) is 6.04 Å². The summed E-state index contributed by atoms with van der Waals surface area (Å²) in [5.74, 6) is -0.216. The zero-order valence-electron chi connectivity index (χ0n) is 10.4. The van der Waals surface area contributed by atoms with Crippen LogP contribution in [0, 0.1) is 0 Å². The van der Waals surface area contributed by atoms with Gasteiger partial charge in [0.1, 0.15) is 6.04 Å². The molecule has 1 aromatic carbocycles. The monoisotopic (exact) mass is 233 g/mol. The Balaban J connectivity index is 1.98. The van der Waals surface area contributed by atoms with E-state index < -0.39 is 5.97 Å². The van der Waals surface area contributed by atoms with Gasteiger partial charge in [0.25, 0.3) is 0 Å². The summed E-state index contributed by atoms with van der Waals surface area (Å²) in [6.07, 6.45) is 1.73. The highest BCUT2D eigenvalue weighted by molar-refractivity contribution is 5.73. The summed E-state index contributed by atoms with van der Waals surface area (Å²) in [5, 5.41) is 9.10. The average Bonchev–Trinajstić information content (AvgIpc) is 2.26. The van der Waals surface area contributed by atoms with Crippen molar-refractivity contribution in [3.05, 3.63) is 35.4 Å². The van der Waals surface area contributed by atoms with Crippen LogP contribution in [0.1, 0.15) is 30.4 Å².